The van der Waals surface area contributed by atoms with Gasteiger partial charge in [-0.05, 0) is 18.6 Å². The van der Waals surface area contributed by atoms with E-state index in [2.05, 4.69) is 28.1 Å². The predicted octanol–water partition coefficient (Wildman–Crippen LogP) is 3.17. The first-order valence-electron chi connectivity index (χ1n) is 5.77. The Morgan fingerprint density at radius 1 is 1.29 bits per heavy atom. The summed E-state index contributed by atoms with van der Waals surface area (Å²) in [7, 11) is 0. The molecule has 0 fully saturated rings. The molecule has 86 valence electrons. The van der Waals surface area contributed by atoms with Gasteiger partial charge in [-0.1, -0.05) is 30.3 Å². The maximum Gasteiger partial charge on any atom is 0.274 e. The van der Waals surface area contributed by atoms with E-state index in [4.69, 9.17) is 4.52 Å². The van der Waals surface area contributed by atoms with Gasteiger partial charge in [0.25, 0.3) is 5.89 Å². The molecule has 2 heterocycles. The lowest BCUT2D eigenvalue weighted by molar-refractivity contribution is 0.421. The Bertz CT molecular complexity index is 606. The molecule has 17 heavy (non-hydrogen) atoms. The molecule has 0 aliphatic heterocycles. The lowest BCUT2D eigenvalue weighted by Gasteiger charge is -1.86. The fraction of sp³-hybridized carbons (Fsp3) is 0.231. The smallest absolute Gasteiger partial charge is 0.274 e. The molecule has 4 heteroatoms. The topological polar surface area (TPSA) is 54.7 Å². The average Bonchev–Trinajstić information content (AvgIpc) is 2.94. The Morgan fingerprint density at radius 3 is 3.00 bits per heavy atom. The number of para-hydroxylation sites is 1. The van der Waals surface area contributed by atoms with Crippen molar-refractivity contribution in [2.75, 3.05) is 0 Å². The van der Waals surface area contributed by atoms with Gasteiger partial charge < -0.3 is 9.51 Å². The molecule has 0 spiro atoms. The van der Waals surface area contributed by atoms with Crippen LogP contribution in [-0.2, 0) is 6.42 Å². The van der Waals surface area contributed by atoms with Gasteiger partial charge in [0.1, 0.15) is 5.69 Å². The van der Waals surface area contributed by atoms with Crippen molar-refractivity contribution in [3.63, 3.8) is 0 Å². The molecule has 0 aliphatic carbocycles. The number of fused-ring (bicyclic) bond motifs is 1. The second kappa shape index (κ2) is 4.05. The van der Waals surface area contributed by atoms with Crippen LogP contribution in [-0.4, -0.2) is 15.1 Å². The van der Waals surface area contributed by atoms with E-state index in [1.807, 2.05) is 24.3 Å². The number of H-pyrrole nitrogens is 1. The summed E-state index contributed by atoms with van der Waals surface area (Å²) in [6.07, 6.45) is 1.87. The summed E-state index contributed by atoms with van der Waals surface area (Å²) in [5.41, 5.74) is 1.96. The second-order valence-corrected chi connectivity index (χ2v) is 4.04. The largest absolute Gasteiger partial charge is 0.351 e. The molecular weight excluding hydrogens is 214 g/mol. The molecule has 0 atom stereocenters. The highest BCUT2D eigenvalue weighted by molar-refractivity contribution is 5.84. The number of hydrogen-bond donors (Lipinski definition) is 1. The number of rotatable bonds is 3. The van der Waals surface area contributed by atoms with E-state index in [0.29, 0.717) is 5.89 Å². The Kier molecular flexibility index (Phi) is 2.40. The molecule has 0 unspecified atom stereocenters. The molecule has 4 nitrogen and oxygen atoms in total. The lowest BCUT2D eigenvalue weighted by Crippen LogP contribution is -1.85. The Labute approximate surface area is 98.7 Å². The number of benzene rings is 1. The number of hydrogen-bond acceptors (Lipinski definition) is 3. The monoisotopic (exact) mass is 227 g/mol. The highest BCUT2D eigenvalue weighted by Crippen LogP contribution is 2.22. The zero-order chi connectivity index (χ0) is 11.7. The second-order valence-electron chi connectivity index (χ2n) is 4.04. The van der Waals surface area contributed by atoms with E-state index in [9.17, 15) is 0 Å². The quantitative estimate of drug-likeness (QED) is 0.747. The van der Waals surface area contributed by atoms with Crippen molar-refractivity contribution < 1.29 is 4.52 Å². The number of nitrogens with one attached hydrogen (secondary N) is 1. The first kappa shape index (κ1) is 10.1. The third kappa shape index (κ3) is 1.82. The summed E-state index contributed by atoms with van der Waals surface area (Å²) in [5.74, 6) is 1.32. The Hall–Kier alpha value is -2.10. The minimum Gasteiger partial charge on any atom is -0.351 e. The van der Waals surface area contributed by atoms with Crippen molar-refractivity contribution in [1.82, 2.24) is 15.1 Å². The average molecular weight is 227 g/mol. The number of aromatic nitrogens is 3. The van der Waals surface area contributed by atoms with Crippen molar-refractivity contribution in [2.24, 2.45) is 0 Å². The van der Waals surface area contributed by atoms with E-state index in [1.54, 1.807) is 0 Å². The molecule has 0 bridgehead atoms. The van der Waals surface area contributed by atoms with Gasteiger partial charge >= 0.3 is 0 Å². The van der Waals surface area contributed by atoms with Crippen LogP contribution >= 0.6 is 0 Å². The van der Waals surface area contributed by atoms with Crippen molar-refractivity contribution in [3.8, 4) is 11.6 Å². The summed E-state index contributed by atoms with van der Waals surface area (Å²) in [6, 6.07) is 10.1. The van der Waals surface area contributed by atoms with Crippen LogP contribution in [0.15, 0.2) is 34.9 Å². The van der Waals surface area contributed by atoms with Gasteiger partial charge in [0.05, 0.1) is 0 Å². The molecule has 0 saturated carbocycles. The van der Waals surface area contributed by atoms with Gasteiger partial charge in [0, 0.05) is 17.3 Å². The summed E-state index contributed by atoms with van der Waals surface area (Å²) < 4.78 is 5.24. The van der Waals surface area contributed by atoms with E-state index in [0.717, 1.165) is 35.3 Å². The molecule has 1 N–H and O–H groups in total. The summed E-state index contributed by atoms with van der Waals surface area (Å²) >= 11 is 0. The van der Waals surface area contributed by atoms with Crippen LogP contribution in [0.3, 0.4) is 0 Å². The Morgan fingerprint density at radius 2 is 2.18 bits per heavy atom. The molecule has 2 aromatic heterocycles. The first-order valence-corrected chi connectivity index (χ1v) is 5.77. The summed E-state index contributed by atoms with van der Waals surface area (Å²) in [4.78, 5) is 7.63. The number of aromatic amines is 1. The van der Waals surface area contributed by atoms with Gasteiger partial charge in [-0.15, -0.1) is 0 Å². The zero-order valence-electron chi connectivity index (χ0n) is 9.60. The predicted molar refractivity (Wildman–Crippen MR) is 65.6 cm³/mol. The van der Waals surface area contributed by atoms with E-state index >= 15 is 0 Å². The molecule has 3 aromatic rings. The van der Waals surface area contributed by atoms with Crippen molar-refractivity contribution in [1.29, 1.82) is 0 Å². The van der Waals surface area contributed by atoms with Crippen LogP contribution in [0.5, 0.6) is 0 Å². The van der Waals surface area contributed by atoms with Gasteiger partial charge in [-0.25, -0.2) is 0 Å². The Balaban J connectivity index is 2.01. The highest BCUT2D eigenvalue weighted by Gasteiger charge is 2.10. The van der Waals surface area contributed by atoms with Crippen molar-refractivity contribution in [2.45, 2.75) is 19.8 Å². The summed E-state index contributed by atoms with van der Waals surface area (Å²) in [6.45, 7) is 2.10. The molecule has 3 rings (SSSR count). The van der Waals surface area contributed by atoms with Crippen LogP contribution < -0.4 is 0 Å². The number of aryl methyl sites for hydroxylation is 1. The van der Waals surface area contributed by atoms with Crippen molar-refractivity contribution >= 4 is 10.9 Å². The van der Waals surface area contributed by atoms with Crippen molar-refractivity contribution in [3.05, 3.63) is 36.2 Å². The molecule has 0 amide bonds. The normalized spacial score (nSPS) is 11.1. The highest BCUT2D eigenvalue weighted by atomic mass is 16.5. The van der Waals surface area contributed by atoms with Crippen LogP contribution in [0, 0.1) is 0 Å². The molecule has 0 radical (unpaired) electrons. The van der Waals surface area contributed by atoms with Gasteiger partial charge in [0.15, 0.2) is 5.82 Å². The lowest BCUT2D eigenvalue weighted by atomic mass is 10.2. The maximum atomic E-state index is 5.24. The SMILES string of the molecule is CCCc1noc(-c2cc3ccccc3[nH]2)n1. The van der Waals surface area contributed by atoms with Crippen LogP contribution in [0.4, 0.5) is 0 Å². The van der Waals surface area contributed by atoms with Gasteiger partial charge in [-0.3, -0.25) is 0 Å². The maximum absolute atomic E-state index is 5.24. The minimum absolute atomic E-state index is 0.560. The molecule has 0 saturated heterocycles. The fourth-order valence-corrected chi connectivity index (χ4v) is 1.88. The first-order chi connectivity index (χ1) is 8.36. The molecular formula is C13H13N3O. The molecule has 0 aliphatic rings. The molecule has 1 aromatic carbocycles. The fourth-order valence-electron chi connectivity index (χ4n) is 1.88. The minimum atomic E-state index is 0.560. The van der Waals surface area contributed by atoms with E-state index in [-0.39, 0.29) is 0 Å². The zero-order valence-corrected chi connectivity index (χ0v) is 9.60. The van der Waals surface area contributed by atoms with Gasteiger partial charge in [-0.2, -0.15) is 4.98 Å². The standard InChI is InChI=1S/C13H13N3O/c1-2-5-12-15-13(17-16-12)11-8-9-6-3-4-7-10(9)14-11/h3-4,6-8,14H,2,5H2,1H3. The third-order valence-electron chi connectivity index (χ3n) is 2.70. The summed E-state index contributed by atoms with van der Waals surface area (Å²) in [5, 5.41) is 5.10. The van der Waals surface area contributed by atoms with Crippen LogP contribution in [0.1, 0.15) is 19.2 Å². The number of nitrogens with zero attached hydrogens (tertiary/aromatic N) is 2. The van der Waals surface area contributed by atoms with E-state index < -0.39 is 0 Å². The van der Waals surface area contributed by atoms with Crippen LogP contribution in [0.2, 0.25) is 0 Å². The van der Waals surface area contributed by atoms with Gasteiger partial charge in [0.2, 0.25) is 0 Å². The van der Waals surface area contributed by atoms with Crippen LogP contribution in [0.25, 0.3) is 22.5 Å². The van der Waals surface area contributed by atoms with E-state index in [1.165, 1.54) is 0 Å². The third-order valence-corrected chi connectivity index (χ3v) is 2.70.